The number of rotatable bonds is 14. The normalized spacial score (nSPS) is 11.5. The molecule has 0 aromatic heterocycles. The van der Waals surface area contributed by atoms with Gasteiger partial charge >= 0.3 is 0 Å². The average molecular weight is 348 g/mol. The molecule has 0 heterocycles. The Morgan fingerprint density at radius 1 is 0.920 bits per heavy atom. The molecule has 1 aromatic carbocycles. The lowest BCUT2D eigenvalue weighted by atomic mass is 10.1. The number of nitrogens with zero attached hydrogens (tertiary/aromatic N) is 1. The largest absolute Gasteiger partial charge is 0.350 e. The Morgan fingerprint density at radius 3 is 2.16 bits per heavy atom. The molecule has 1 amide bonds. The highest BCUT2D eigenvalue weighted by Crippen LogP contribution is 2.10. The van der Waals surface area contributed by atoms with Gasteiger partial charge in [0.2, 0.25) is 5.91 Å². The summed E-state index contributed by atoms with van der Waals surface area (Å²) in [5.41, 5.74) is 1.35. The summed E-state index contributed by atoms with van der Waals surface area (Å²) in [6.45, 7) is 4.96. The molecule has 0 bridgehead atoms. The maximum Gasteiger partial charge on any atom is 0.220 e. The molecule has 3 nitrogen and oxygen atoms in total. The van der Waals surface area contributed by atoms with Gasteiger partial charge in [0.25, 0.3) is 0 Å². The number of nitrogens with one attached hydrogen (secondary N) is 1. The quantitative estimate of drug-likeness (QED) is 0.376. The standard InChI is InChI=1S/C22H38N2O/c1-4-5-6-7-8-9-10-14-17-22(25)23-18-19-24(2,3)20-21-15-12-11-13-16-21/h11-13,15-16H,4-10,14,17-20H2,1-3H3/p+1. The van der Waals surface area contributed by atoms with Gasteiger partial charge in [-0.05, 0) is 6.42 Å². The summed E-state index contributed by atoms with van der Waals surface area (Å²) in [6, 6.07) is 10.6. The molecular formula is C22H39N2O+. The monoisotopic (exact) mass is 347 g/mol. The summed E-state index contributed by atoms with van der Waals surface area (Å²) >= 11 is 0. The van der Waals surface area contributed by atoms with E-state index >= 15 is 0 Å². The van der Waals surface area contributed by atoms with E-state index in [0.717, 1.165) is 30.5 Å². The summed E-state index contributed by atoms with van der Waals surface area (Å²) in [7, 11) is 4.44. The highest BCUT2D eigenvalue weighted by Gasteiger charge is 2.15. The number of carbonyl (C=O) groups is 1. The first kappa shape index (κ1) is 21.7. The lowest BCUT2D eigenvalue weighted by Gasteiger charge is -2.30. The Labute approximate surface area is 155 Å². The third kappa shape index (κ3) is 11.8. The molecule has 142 valence electrons. The molecule has 1 aromatic rings. The van der Waals surface area contributed by atoms with Crippen molar-refractivity contribution in [2.45, 2.75) is 71.3 Å². The fourth-order valence-electron chi connectivity index (χ4n) is 3.16. The number of hydrogen-bond donors (Lipinski definition) is 1. The van der Waals surface area contributed by atoms with Gasteiger partial charge in [-0.3, -0.25) is 4.79 Å². The third-order valence-corrected chi connectivity index (χ3v) is 4.75. The predicted molar refractivity (Wildman–Crippen MR) is 107 cm³/mol. The minimum absolute atomic E-state index is 0.214. The summed E-state index contributed by atoms with van der Waals surface area (Å²) in [4.78, 5) is 11.9. The van der Waals surface area contributed by atoms with Crippen molar-refractivity contribution in [1.82, 2.24) is 5.32 Å². The first-order valence-corrected chi connectivity index (χ1v) is 10.2. The van der Waals surface area contributed by atoms with E-state index in [1.54, 1.807) is 0 Å². The van der Waals surface area contributed by atoms with Crippen molar-refractivity contribution in [3.8, 4) is 0 Å². The van der Waals surface area contributed by atoms with Crippen LogP contribution in [0, 0.1) is 0 Å². The van der Waals surface area contributed by atoms with E-state index < -0.39 is 0 Å². The zero-order valence-electron chi connectivity index (χ0n) is 16.7. The third-order valence-electron chi connectivity index (χ3n) is 4.75. The van der Waals surface area contributed by atoms with Crippen molar-refractivity contribution in [2.75, 3.05) is 27.2 Å². The van der Waals surface area contributed by atoms with E-state index in [2.05, 4.69) is 56.7 Å². The van der Waals surface area contributed by atoms with Crippen molar-refractivity contribution >= 4 is 5.91 Å². The van der Waals surface area contributed by atoms with Gasteiger partial charge in [0.05, 0.1) is 27.2 Å². The number of benzene rings is 1. The Hall–Kier alpha value is -1.35. The number of amides is 1. The number of likely N-dealkylation sites (N-methyl/N-ethyl adjacent to an activating group) is 1. The molecule has 0 fully saturated rings. The van der Waals surface area contributed by atoms with Gasteiger partial charge in [0, 0.05) is 12.0 Å². The summed E-state index contributed by atoms with van der Waals surface area (Å²) in [5, 5.41) is 3.09. The van der Waals surface area contributed by atoms with Gasteiger partial charge in [0.15, 0.2) is 0 Å². The molecule has 0 aliphatic rings. The minimum Gasteiger partial charge on any atom is -0.350 e. The Balaban J connectivity index is 2.04. The van der Waals surface area contributed by atoms with Crippen molar-refractivity contribution in [3.63, 3.8) is 0 Å². The van der Waals surface area contributed by atoms with Crippen LogP contribution in [-0.2, 0) is 11.3 Å². The van der Waals surface area contributed by atoms with E-state index in [-0.39, 0.29) is 5.91 Å². The van der Waals surface area contributed by atoms with Crippen LogP contribution >= 0.6 is 0 Å². The summed E-state index contributed by atoms with van der Waals surface area (Å²) < 4.78 is 0.891. The Bertz CT molecular complexity index is 456. The maximum atomic E-state index is 11.9. The second kappa shape index (κ2) is 12.9. The number of unbranched alkanes of at least 4 members (excludes halogenated alkanes) is 7. The fraction of sp³-hybridized carbons (Fsp3) is 0.682. The molecule has 1 N–H and O–H groups in total. The first-order valence-electron chi connectivity index (χ1n) is 10.2. The number of hydrogen-bond acceptors (Lipinski definition) is 1. The number of carbonyl (C=O) groups excluding carboxylic acids is 1. The zero-order valence-corrected chi connectivity index (χ0v) is 16.7. The second-order valence-corrected chi connectivity index (χ2v) is 7.88. The molecule has 0 aliphatic carbocycles. The van der Waals surface area contributed by atoms with Crippen LogP contribution in [0.5, 0.6) is 0 Å². The molecule has 0 aliphatic heterocycles. The molecular weight excluding hydrogens is 308 g/mol. The van der Waals surface area contributed by atoms with Crippen LogP contribution < -0.4 is 5.32 Å². The van der Waals surface area contributed by atoms with Gasteiger partial charge in [0.1, 0.15) is 6.54 Å². The van der Waals surface area contributed by atoms with Crippen LogP contribution in [-0.4, -0.2) is 37.6 Å². The molecule has 0 spiro atoms. The Morgan fingerprint density at radius 2 is 1.52 bits per heavy atom. The maximum absolute atomic E-state index is 11.9. The van der Waals surface area contributed by atoms with Crippen LogP contribution in [0.1, 0.15) is 70.3 Å². The SMILES string of the molecule is CCCCCCCCCCC(=O)NCC[N+](C)(C)Cc1ccccc1. The molecule has 3 heteroatoms. The van der Waals surface area contributed by atoms with Gasteiger partial charge < -0.3 is 9.80 Å². The van der Waals surface area contributed by atoms with Crippen LogP contribution in [0.4, 0.5) is 0 Å². The second-order valence-electron chi connectivity index (χ2n) is 7.88. The van der Waals surface area contributed by atoms with E-state index in [9.17, 15) is 4.79 Å². The summed E-state index contributed by atoms with van der Waals surface area (Å²) in [5.74, 6) is 0.214. The summed E-state index contributed by atoms with van der Waals surface area (Å²) in [6.07, 6.45) is 10.9. The van der Waals surface area contributed by atoms with Crippen LogP contribution in [0.25, 0.3) is 0 Å². The van der Waals surface area contributed by atoms with E-state index in [0.29, 0.717) is 6.42 Å². The Kier molecular flexibility index (Phi) is 11.2. The lowest BCUT2D eigenvalue weighted by Crippen LogP contribution is -2.44. The van der Waals surface area contributed by atoms with E-state index in [1.165, 1.54) is 50.5 Å². The molecule has 25 heavy (non-hydrogen) atoms. The van der Waals surface area contributed by atoms with E-state index in [1.807, 2.05) is 0 Å². The first-order chi connectivity index (χ1) is 12.0. The molecule has 0 radical (unpaired) electrons. The highest BCUT2D eigenvalue weighted by molar-refractivity contribution is 5.75. The van der Waals surface area contributed by atoms with Crippen LogP contribution in [0.3, 0.4) is 0 Å². The van der Waals surface area contributed by atoms with Crippen molar-refractivity contribution in [1.29, 1.82) is 0 Å². The van der Waals surface area contributed by atoms with Crippen LogP contribution in [0.15, 0.2) is 30.3 Å². The smallest absolute Gasteiger partial charge is 0.220 e. The van der Waals surface area contributed by atoms with Gasteiger partial charge in [-0.15, -0.1) is 0 Å². The number of quaternary nitrogens is 1. The zero-order chi connectivity index (χ0) is 18.4. The highest BCUT2D eigenvalue weighted by atomic mass is 16.1. The molecule has 0 unspecified atom stereocenters. The van der Waals surface area contributed by atoms with E-state index in [4.69, 9.17) is 0 Å². The molecule has 0 atom stereocenters. The molecule has 0 saturated heterocycles. The van der Waals surface area contributed by atoms with Crippen molar-refractivity contribution in [3.05, 3.63) is 35.9 Å². The molecule has 0 saturated carbocycles. The lowest BCUT2D eigenvalue weighted by molar-refractivity contribution is -0.902. The van der Waals surface area contributed by atoms with Gasteiger partial charge in [-0.2, -0.15) is 0 Å². The topological polar surface area (TPSA) is 29.1 Å². The fourth-order valence-corrected chi connectivity index (χ4v) is 3.16. The van der Waals surface area contributed by atoms with Gasteiger partial charge in [-0.25, -0.2) is 0 Å². The van der Waals surface area contributed by atoms with Crippen molar-refractivity contribution < 1.29 is 9.28 Å². The van der Waals surface area contributed by atoms with Gasteiger partial charge in [-0.1, -0.05) is 82.2 Å². The molecule has 1 rings (SSSR count). The van der Waals surface area contributed by atoms with Crippen LogP contribution in [0.2, 0.25) is 0 Å². The predicted octanol–water partition coefficient (Wildman–Crippen LogP) is 4.91. The minimum atomic E-state index is 0.214. The average Bonchev–Trinajstić information content (AvgIpc) is 2.57. The van der Waals surface area contributed by atoms with Crippen molar-refractivity contribution in [2.24, 2.45) is 0 Å².